The minimum atomic E-state index is -0.179. The van der Waals surface area contributed by atoms with E-state index >= 15 is 0 Å². The van der Waals surface area contributed by atoms with E-state index in [2.05, 4.69) is 10.4 Å². The molecule has 1 N–H and O–H groups in total. The standard InChI is InChI=1S/C17H21N5O3/c1-20-12-14(11-18-20)19-17(24)22-8-6-21(7-9-22)16(23)13-4-3-5-15(10-13)25-2/h3-5,10-12H,6-9H2,1-2H3,(H,19,24). The van der Waals surface area contributed by atoms with Crippen LogP contribution in [-0.2, 0) is 7.05 Å². The number of aryl methyl sites for hydroxylation is 1. The molecule has 3 rings (SSSR count). The summed E-state index contributed by atoms with van der Waals surface area (Å²) in [7, 11) is 3.36. The molecule has 25 heavy (non-hydrogen) atoms. The molecule has 132 valence electrons. The minimum absolute atomic E-state index is 0.0498. The average Bonchev–Trinajstić information content (AvgIpc) is 3.06. The number of benzene rings is 1. The minimum Gasteiger partial charge on any atom is -0.497 e. The second-order valence-corrected chi connectivity index (χ2v) is 5.84. The monoisotopic (exact) mass is 343 g/mol. The van der Waals surface area contributed by atoms with Crippen molar-refractivity contribution in [3.05, 3.63) is 42.2 Å². The number of urea groups is 1. The van der Waals surface area contributed by atoms with Gasteiger partial charge in [0.2, 0.25) is 0 Å². The van der Waals surface area contributed by atoms with E-state index in [1.807, 2.05) is 0 Å². The van der Waals surface area contributed by atoms with Gasteiger partial charge in [-0.05, 0) is 18.2 Å². The maximum Gasteiger partial charge on any atom is 0.322 e. The summed E-state index contributed by atoms with van der Waals surface area (Å²) in [6.45, 7) is 1.97. The van der Waals surface area contributed by atoms with Gasteiger partial charge in [-0.25, -0.2) is 4.79 Å². The lowest BCUT2D eigenvalue weighted by Gasteiger charge is -2.34. The van der Waals surface area contributed by atoms with Gasteiger partial charge in [0.25, 0.3) is 5.91 Å². The molecule has 2 aromatic rings. The first-order chi connectivity index (χ1) is 12.1. The number of nitrogens with zero attached hydrogens (tertiary/aromatic N) is 4. The van der Waals surface area contributed by atoms with Crippen molar-refractivity contribution in [2.75, 3.05) is 38.6 Å². The molecule has 0 aliphatic carbocycles. The second kappa shape index (κ2) is 7.25. The molecule has 1 fully saturated rings. The van der Waals surface area contributed by atoms with Crippen LogP contribution in [0, 0.1) is 0 Å². The summed E-state index contributed by atoms with van der Waals surface area (Å²) >= 11 is 0. The van der Waals surface area contributed by atoms with Gasteiger partial charge >= 0.3 is 6.03 Å². The third-order valence-electron chi connectivity index (χ3n) is 4.13. The smallest absolute Gasteiger partial charge is 0.322 e. The summed E-state index contributed by atoms with van der Waals surface area (Å²) in [5.41, 5.74) is 1.25. The van der Waals surface area contributed by atoms with Crippen LogP contribution in [0.4, 0.5) is 10.5 Å². The van der Waals surface area contributed by atoms with Crippen LogP contribution < -0.4 is 10.1 Å². The van der Waals surface area contributed by atoms with Gasteiger partial charge in [0.15, 0.2) is 0 Å². The molecule has 8 heteroatoms. The number of piperazine rings is 1. The molecule has 1 aliphatic heterocycles. The fourth-order valence-electron chi connectivity index (χ4n) is 2.74. The highest BCUT2D eigenvalue weighted by atomic mass is 16.5. The van der Waals surface area contributed by atoms with Crippen LogP contribution in [-0.4, -0.2) is 64.8 Å². The zero-order valence-corrected chi connectivity index (χ0v) is 14.3. The number of carbonyl (C=O) groups excluding carboxylic acids is 2. The molecular formula is C17H21N5O3. The van der Waals surface area contributed by atoms with Gasteiger partial charge in [0.05, 0.1) is 19.0 Å². The molecule has 0 unspecified atom stereocenters. The molecule has 1 aromatic heterocycles. The second-order valence-electron chi connectivity index (χ2n) is 5.84. The van der Waals surface area contributed by atoms with Crippen LogP contribution in [0.3, 0.4) is 0 Å². The van der Waals surface area contributed by atoms with Gasteiger partial charge in [-0.15, -0.1) is 0 Å². The van der Waals surface area contributed by atoms with Crippen LogP contribution >= 0.6 is 0 Å². The molecular weight excluding hydrogens is 322 g/mol. The lowest BCUT2D eigenvalue weighted by molar-refractivity contribution is 0.0671. The fraction of sp³-hybridized carbons (Fsp3) is 0.353. The maximum atomic E-state index is 12.6. The SMILES string of the molecule is COc1cccc(C(=O)N2CCN(C(=O)Nc3cnn(C)c3)CC2)c1. The Morgan fingerprint density at radius 2 is 1.88 bits per heavy atom. The van der Waals surface area contributed by atoms with Crippen molar-refractivity contribution < 1.29 is 14.3 Å². The van der Waals surface area contributed by atoms with Crippen molar-refractivity contribution in [1.29, 1.82) is 0 Å². The summed E-state index contributed by atoms with van der Waals surface area (Å²) in [6.07, 6.45) is 3.33. The first-order valence-electron chi connectivity index (χ1n) is 8.05. The van der Waals surface area contributed by atoms with Crippen molar-refractivity contribution in [1.82, 2.24) is 19.6 Å². The number of ether oxygens (including phenoxy) is 1. The van der Waals surface area contributed by atoms with E-state index in [1.54, 1.807) is 65.3 Å². The summed E-state index contributed by atoms with van der Waals surface area (Å²) in [4.78, 5) is 28.3. The molecule has 0 atom stereocenters. The molecule has 0 bridgehead atoms. The quantitative estimate of drug-likeness (QED) is 0.914. The summed E-state index contributed by atoms with van der Waals surface area (Å²) in [6, 6.07) is 6.92. The van der Waals surface area contributed by atoms with Crippen molar-refractivity contribution in [3.8, 4) is 5.75 Å². The first kappa shape index (κ1) is 16.8. The van der Waals surface area contributed by atoms with Crippen LogP contribution in [0.5, 0.6) is 5.75 Å². The first-order valence-corrected chi connectivity index (χ1v) is 8.05. The Bertz CT molecular complexity index is 765. The van der Waals surface area contributed by atoms with Crippen LogP contribution in [0.1, 0.15) is 10.4 Å². The molecule has 1 aliphatic rings. The number of hydrogen-bond donors (Lipinski definition) is 1. The summed E-state index contributed by atoms with van der Waals surface area (Å²) in [5, 5.41) is 6.83. The van der Waals surface area contributed by atoms with E-state index in [4.69, 9.17) is 4.74 Å². The summed E-state index contributed by atoms with van der Waals surface area (Å²) < 4.78 is 6.79. The number of nitrogens with one attached hydrogen (secondary N) is 1. The van der Waals surface area contributed by atoms with E-state index in [1.165, 1.54) is 0 Å². The number of rotatable bonds is 3. The number of amides is 3. The average molecular weight is 343 g/mol. The van der Waals surface area contributed by atoms with E-state index < -0.39 is 0 Å². The lowest BCUT2D eigenvalue weighted by Crippen LogP contribution is -2.51. The fourth-order valence-corrected chi connectivity index (χ4v) is 2.74. The Labute approximate surface area is 146 Å². The van der Waals surface area contributed by atoms with Crippen molar-refractivity contribution in [2.45, 2.75) is 0 Å². The number of hydrogen-bond acceptors (Lipinski definition) is 4. The Hall–Kier alpha value is -3.03. The van der Waals surface area contributed by atoms with Gasteiger partial charge < -0.3 is 19.9 Å². The van der Waals surface area contributed by atoms with E-state index in [0.29, 0.717) is 43.2 Å². The van der Waals surface area contributed by atoms with Crippen molar-refractivity contribution in [2.24, 2.45) is 7.05 Å². The number of anilines is 1. The van der Waals surface area contributed by atoms with E-state index in [9.17, 15) is 9.59 Å². The Balaban J connectivity index is 1.55. The molecule has 1 saturated heterocycles. The number of aromatic nitrogens is 2. The van der Waals surface area contributed by atoms with E-state index in [-0.39, 0.29) is 11.9 Å². The molecule has 3 amide bonds. The molecule has 0 spiro atoms. The summed E-state index contributed by atoms with van der Waals surface area (Å²) in [5.74, 6) is 0.603. The Morgan fingerprint density at radius 3 is 2.52 bits per heavy atom. The molecule has 0 saturated carbocycles. The lowest BCUT2D eigenvalue weighted by atomic mass is 10.1. The molecule has 8 nitrogen and oxygen atoms in total. The highest BCUT2D eigenvalue weighted by Crippen LogP contribution is 2.16. The Kier molecular flexibility index (Phi) is 4.87. The van der Waals surface area contributed by atoms with Gasteiger partial charge in [0.1, 0.15) is 5.75 Å². The van der Waals surface area contributed by atoms with Gasteiger partial charge in [-0.1, -0.05) is 6.07 Å². The third-order valence-corrected chi connectivity index (χ3v) is 4.13. The van der Waals surface area contributed by atoms with Crippen LogP contribution in [0.15, 0.2) is 36.7 Å². The van der Waals surface area contributed by atoms with E-state index in [0.717, 1.165) is 0 Å². The number of methoxy groups -OCH3 is 1. The van der Waals surface area contributed by atoms with Crippen molar-refractivity contribution >= 4 is 17.6 Å². The largest absolute Gasteiger partial charge is 0.497 e. The molecule has 2 heterocycles. The van der Waals surface area contributed by atoms with Gasteiger partial charge in [0, 0.05) is 45.0 Å². The highest BCUT2D eigenvalue weighted by Gasteiger charge is 2.25. The van der Waals surface area contributed by atoms with Gasteiger partial charge in [-0.3, -0.25) is 9.48 Å². The van der Waals surface area contributed by atoms with Crippen molar-refractivity contribution in [3.63, 3.8) is 0 Å². The zero-order valence-electron chi connectivity index (χ0n) is 14.3. The predicted octanol–water partition coefficient (Wildman–Crippen LogP) is 1.42. The van der Waals surface area contributed by atoms with Gasteiger partial charge in [-0.2, -0.15) is 5.10 Å². The topological polar surface area (TPSA) is 79.7 Å². The Morgan fingerprint density at radius 1 is 1.16 bits per heavy atom. The number of carbonyl (C=O) groups is 2. The zero-order chi connectivity index (χ0) is 17.8. The highest BCUT2D eigenvalue weighted by molar-refractivity contribution is 5.95. The van der Waals surface area contributed by atoms with Crippen LogP contribution in [0.2, 0.25) is 0 Å². The third kappa shape index (κ3) is 3.90. The maximum absolute atomic E-state index is 12.6. The van der Waals surface area contributed by atoms with Crippen LogP contribution in [0.25, 0.3) is 0 Å². The normalized spacial score (nSPS) is 14.3. The predicted molar refractivity (Wildman–Crippen MR) is 92.7 cm³/mol. The molecule has 0 radical (unpaired) electrons. The molecule has 1 aromatic carbocycles.